The molecule has 1 fully saturated rings. The number of ether oxygens (including phenoxy) is 2. The van der Waals surface area contributed by atoms with Crippen LogP contribution in [0.25, 0.3) is 0 Å². The molecule has 1 amide bonds. The Bertz CT molecular complexity index is 1410. The number of carbonyl (C=O) groups is 2. The SMILES string of the molecule is CC(=O)Oc1csc(NC(=O)C(Oc2ccc(F)cc2F)c2ccc(S(=O)(=O)C3CC3)c(Cl)c2)n1. The largest absolute Gasteiger partial charge is 0.473 e. The van der Waals surface area contributed by atoms with Crippen LogP contribution >= 0.6 is 22.9 Å². The number of nitrogens with one attached hydrogen (secondary N) is 1. The molecule has 1 aliphatic rings. The van der Waals surface area contributed by atoms with E-state index in [1.165, 1.54) is 30.5 Å². The van der Waals surface area contributed by atoms with Crippen LogP contribution in [0.15, 0.2) is 46.7 Å². The zero-order valence-electron chi connectivity index (χ0n) is 18.0. The van der Waals surface area contributed by atoms with Crippen LogP contribution in [0.5, 0.6) is 11.6 Å². The highest BCUT2D eigenvalue weighted by Gasteiger charge is 2.38. The molecular weight excluding hydrogens is 526 g/mol. The normalized spacial score (nSPS) is 14.3. The summed E-state index contributed by atoms with van der Waals surface area (Å²) in [6.45, 7) is 1.19. The highest BCUT2D eigenvalue weighted by molar-refractivity contribution is 7.92. The van der Waals surface area contributed by atoms with Gasteiger partial charge in [0.2, 0.25) is 12.0 Å². The van der Waals surface area contributed by atoms with E-state index >= 15 is 0 Å². The number of aromatic nitrogens is 1. The fourth-order valence-corrected chi connectivity index (χ4v) is 5.95. The second-order valence-electron chi connectivity index (χ2n) is 7.58. The van der Waals surface area contributed by atoms with Gasteiger partial charge in [-0.2, -0.15) is 4.98 Å². The van der Waals surface area contributed by atoms with Gasteiger partial charge in [-0.15, -0.1) is 11.3 Å². The van der Waals surface area contributed by atoms with Crippen molar-refractivity contribution in [2.75, 3.05) is 5.32 Å². The van der Waals surface area contributed by atoms with Crippen LogP contribution in [-0.4, -0.2) is 30.5 Å². The maximum absolute atomic E-state index is 14.3. The van der Waals surface area contributed by atoms with Gasteiger partial charge in [0.05, 0.1) is 20.5 Å². The lowest BCUT2D eigenvalue weighted by molar-refractivity contribution is -0.132. The van der Waals surface area contributed by atoms with E-state index in [1.807, 2.05) is 0 Å². The number of anilines is 1. The van der Waals surface area contributed by atoms with Crippen molar-refractivity contribution < 1.29 is 36.3 Å². The monoisotopic (exact) mass is 542 g/mol. The van der Waals surface area contributed by atoms with Gasteiger partial charge in [-0.25, -0.2) is 17.2 Å². The Labute approximate surface area is 207 Å². The lowest BCUT2D eigenvalue weighted by Crippen LogP contribution is -2.26. The van der Waals surface area contributed by atoms with Crippen molar-refractivity contribution in [1.29, 1.82) is 0 Å². The molecule has 0 spiro atoms. The highest BCUT2D eigenvalue weighted by Crippen LogP contribution is 2.38. The number of benzene rings is 2. The summed E-state index contributed by atoms with van der Waals surface area (Å²) in [7, 11) is -3.61. The van der Waals surface area contributed by atoms with E-state index in [0.29, 0.717) is 18.9 Å². The number of thiazole rings is 1. The third kappa shape index (κ3) is 5.77. The number of carbonyl (C=O) groups excluding carboxylic acids is 2. The first kappa shape index (κ1) is 25.0. The predicted octanol–water partition coefficient (Wildman–Crippen LogP) is 4.69. The Hall–Kier alpha value is -3.09. The van der Waals surface area contributed by atoms with E-state index in [0.717, 1.165) is 23.5 Å². The number of hydrogen-bond acceptors (Lipinski definition) is 8. The number of nitrogens with zero attached hydrogens (tertiary/aromatic N) is 1. The summed E-state index contributed by atoms with van der Waals surface area (Å²) < 4.78 is 63.2. The summed E-state index contributed by atoms with van der Waals surface area (Å²) in [5.74, 6) is -3.75. The van der Waals surface area contributed by atoms with Crippen molar-refractivity contribution in [3.63, 3.8) is 0 Å². The molecule has 1 atom stereocenters. The molecule has 8 nitrogen and oxygen atoms in total. The van der Waals surface area contributed by atoms with Crippen LogP contribution in [0.1, 0.15) is 31.4 Å². The van der Waals surface area contributed by atoms with Gasteiger partial charge < -0.3 is 9.47 Å². The standard InChI is InChI=1S/C22H17ClF2N2O6S2/c1-11(28)32-19-10-34-22(26-19)27-21(29)20(33-17-6-3-13(24)9-16(17)25)12-2-7-18(15(23)8-12)35(30,31)14-4-5-14/h2-3,6-10,14,20H,4-5H2,1H3,(H,26,27,29). The Morgan fingerprint density at radius 3 is 2.57 bits per heavy atom. The average Bonchev–Trinajstić information content (AvgIpc) is 3.55. The Balaban J connectivity index is 1.66. The van der Waals surface area contributed by atoms with Crippen molar-refractivity contribution in [3.8, 4) is 11.6 Å². The number of esters is 1. The first-order chi connectivity index (χ1) is 16.5. The van der Waals surface area contributed by atoms with Crippen molar-refractivity contribution in [3.05, 3.63) is 64.0 Å². The summed E-state index contributed by atoms with van der Waals surface area (Å²) in [6, 6.07) is 6.40. The van der Waals surface area contributed by atoms with Crippen LogP contribution in [-0.2, 0) is 19.4 Å². The van der Waals surface area contributed by atoms with E-state index in [1.54, 1.807) is 0 Å². The fraction of sp³-hybridized carbons (Fsp3) is 0.227. The van der Waals surface area contributed by atoms with Gasteiger partial charge in [-0.1, -0.05) is 17.7 Å². The molecule has 0 aliphatic heterocycles. The second kappa shape index (κ2) is 9.88. The molecule has 35 heavy (non-hydrogen) atoms. The first-order valence-corrected chi connectivity index (χ1v) is 12.9. The molecule has 1 heterocycles. The van der Waals surface area contributed by atoms with Gasteiger partial charge >= 0.3 is 5.97 Å². The molecule has 13 heteroatoms. The molecule has 1 aliphatic carbocycles. The quantitative estimate of drug-likeness (QED) is 0.411. The van der Waals surface area contributed by atoms with Gasteiger partial charge in [0.15, 0.2) is 26.5 Å². The molecule has 4 rings (SSSR count). The molecule has 2 aromatic carbocycles. The minimum Gasteiger partial charge on any atom is -0.473 e. The van der Waals surface area contributed by atoms with E-state index in [9.17, 15) is 26.8 Å². The predicted molar refractivity (Wildman–Crippen MR) is 123 cm³/mol. The van der Waals surface area contributed by atoms with Crippen LogP contribution < -0.4 is 14.8 Å². The van der Waals surface area contributed by atoms with E-state index in [4.69, 9.17) is 21.1 Å². The summed E-state index contributed by atoms with van der Waals surface area (Å²) in [5, 5.41) is 3.30. The molecule has 1 N–H and O–H groups in total. The first-order valence-electron chi connectivity index (χ1n) is 10.1. The molecule has 1 saturated carbocycles. The van der Waals surface area contributed by atoms with E-state index in [2.05, 4.69) is 10.3 Å². The van der Waals surface area contributed by atoms with Crippen molar-refractivity contribution in [2.45, 2.75) is 36.0 Å². The van der Waals surface area contributed by atoms with Gasteiger partial charge in [0, 0.05) is 18.6 Å². The third-order valence-corrected chi connectivity index (χ3v) is 8.35. The third-order valence-electron chi connectivity index (χ3n) is 4.87. The molecule has 0 radical (unpaired) electrons. The van der Waals surface area contributed by atoms with Crippen LogP contribution in [0.4, 0.5) is 13.9 Å². The summed E-state index contributed by atoms with van der Waals surface area (Å²) in [5.41, 5.74) is 0.114. The number of hydrogen-bond donors (Lipinski definition) is 1. The Morgan fingerprint density at radius 2 is 1.94 bits per heavy atom. The van der Waals surface area contributed by atoms with Gasteiger partial charge in [0.1, 0.15) is 5.82 Å². The lowest BCUT2D eigenvalue weighted by Gasteiger charge is -2.20. The lowest BCUT2D eigenvalue weighted by atomic mass is 10.1. The van der Waals surface area contributed by atoms with Gasteiger partial charge in [-0.05, 0) is 37.1 Å². The number of sulfone groups is 1. The highest BCUT2D eigenvalue weighted by atomic mass is 35.5. The topological polar surface area (TPSA) is 112 Å². The maximum atomic E-state index is 14.3. The molecule has 1 unspecified atom stereocenters. The molecule has 0 bridgehead atoms. The molecule has 0 saturated heterocycles. The minimum atomic E-state index is -3.61. The molecule has 3 aromatic rings. The van der Waals surface area contributed by atoms with E-state index in [-0.39, 0.29) is 26.5 Å². The zero-order chi connectivity index (χ0) is 25.3. The Morgan fingerprint density at radius 1 is 1.20 bits per heavy atom. The van der Waals surface area contributed by atoms with Gasteiger partial charge in [0.25, 0.3) is 5.91 Å². The number of halogens is 3. The van der Waals surface area contributed by atoms with Crippen molar-refractivity contribution in [2.24, 2.45) is 0 Å². The van der Waals surface area contributed by atoms with Crippen molar-refractivity contribution in [1.82, 2.24) is 4.98 Å². The zero-order valence-corrected chi connectivity index (χ0v) is 20.3. The minimum absolute atomic E-state index is 0.0301. The number of amides is 1. The summed E-state index contributed by atoms with van der Waals surface area (Å²) in [6.07, 6.45) is -0.436. The molecule has 1 aromatic heterocycles. The smallest absolute Gasteiger partial charge is 0.309 e. The summed E-state index contributed by atoms with van der Waals surface area (Å²) >= 11 is 7.21. The second-order valence-corrected chi connectivity index (χ2v) is 11.0. The molecule has 184 valence electrons. The van der Waals surface area contributed by atoms with Crippen molar-refractivity contribution >= 4 is 49.8 Å². The van der Waals surface area contributed by atoms with Crippen LogP contribution in [0.2, 0.25) is 5.02 Å². The fourth-order valence-electron chi connectivity index (χ4n) is 3.12. The van der Waals surface area contributed by atoms with Crippen LogP contribution in [0.3, 0.4) is 0 Å². The Kier molecular flexibility index (Phi) is 7.06. The average molecular weight is 543 g/mol. The van der Waals surface area contributed by atoms with Crippen LogP contribution in [0, 0.1) is 11.6 Å². The summed E-state index contributed by atoms with van der Waals surface area (Å²) in [4.78, 5) is 28.1. The molecular formula is C22H17ClF2N2O6S2. The van der Waals surface area contributed by atoms with Gasteiger partial charge in [-0.3, -0.25) is 14.9 Å². The van der Waals surface area contributed by atoms with E-state index < -0.39 is 50.5 Å². The number of rotatable bonds is 8. The maximum Gasteiger partial charge on any atom is 0.309 e.